The Morgan fingerprint density at radius 1 is 1.07 bits per heavy atom. The number of hydrogen-bond acceptors (Lipinski definition) is 7. The van der Waals surface area contributed by atoms with Gasteiger partial charge in [-0.3, -0.25) is 0 Å². The van der Waals surface area contributed by atoms with E-state index in [1.165, 1.54) is 0 Å². The highest BCUT2D eigenvalue weighted by molar-refractivity contribution is 7.97. The fourth-order valence-corrected chi connectivity index (χ4v) is 4.32. The van der Waals surface area contributed by atoms with E-state index < -0.39 is 0 Å². The summed E-state index contributed by atoms with van der Waals surface area (Å²) in [5.41, 5.74) is 3.09. The Kier molecular flexibility index (Phi) is 5.45. The van der Waals surface area contributed by atoms with Gasteiger partial charge in [-0.15, -0.1) is 28.2 Å². The van der Waals surface area contributed by atoms with Gasteiger partial charge >= 0.3 is 0 Å². The first-order chi connectivity index (χ1) is 13.3. The van der Waals surface area contributed by atoms with Crippen LogP contribution in [0.15, 0.2) is 60.0 Å². The summed E-state index contributed by atoms with van der Waals surface area (Å²) in [6, 6.07) is 17.9. The molecule has 0 unspecified atom stereocenters. The van der Waals surface area contributed by atoms with E-state index >= 15 is 0 Å². The maximum Gasteiger partial charge on any atom is 0.166 e. The van der Waals surface area contributed by atoms with Gasteiger partial charge < -0.3 is 4.74 Å². The molecule has 2 aromatic carbocycles. The normalized spacial score (nSPS) is 10.9. The third-order valence-electron chi connectivity index (χ3n) is 3.88. The average Bonchev–Trinajstić information content (AvgIpc) is 3.38. The van der Waals surface area contributed by atoms with Crippen LogP contribution in [0.1, 0.15) is 11.5 Å². The minimum absolute atomic E-state index is 0.716. The summed E-state index contributed by atoms with van der Waals surface area (Å²) >= 11 is 3.39. The minimum atomic E-state index is 0.716. The fraction of sp³-hybridized carbons (Fsp3) is 0.158. The molecule has 0 saturated carbocycles. The molecule has 2 aromatic heterocycles. The summed E-state index contributed by atoms with van der Waals surface area (Å²) < 4.78 is 7.06. The van der Waals surface area contributed by atoms with Gasteiger partial charge in [-0.05, 0) is 34.7 Å². The molecule has 0 bridgehead atoms. The molecule has 136 valence electrons. The molecule has 0 saturated heterocycles. The topological polar surface area (TPSA) is 65.7 Å². The SMILES string of the molecule is COc1cccc(-c2nc(CSCc3nnnn3-c3ccccc3)cs2)c1. The Hall–Kier alpha value is -2.71. The van der Waals surface area contributed by atoms with Gasteiger partial charge in [0.1, 0.15) is 10.8 Å². The lowest BCUT2D eigenvalue weighted by Crippen LogP contribution is -2.02. The number of para-hydroxylation sites is 1. The minimum Gasteiger partial charge on any atom is -0.497 e. The van der Waals surface area contributed by atoms with E-state index in [4.69, 9.17) is 9.72 Å². The Labute approximate surface area is 165 Å². The van der Waals surface area contributed by atoms with Gasteiger partial charge in [-0.25, -0.2) is 4.98 Å². The molecular formula is C19H17N5OS2. The molecular weight excluding hydrogens is 378 g/mol. The number of thiazole rings is 1. The number of ether oxygens (including phenoxy) is 1. The molecule has 0 aliphatic carbocycles. The lowest BCUT2D eigenvalue weighted by Gasteiger charge is -2.03. The number of methoxy groups -OCH3 is 1. The largest absolute Gasteiger partial charge is 0.497 e. The fourth-order valence-electron chi connectivity index (χ4n) is 2.57. The predicted molar refractivity (Wildman–Crippen MR) is 108 cm³/mol. The molecule has 0 radical (unpaired) electrons. The highest BCUT2D eigenvalue weighted by atomic mass is 32.2. The van der Waals surface area contributed by atoms with Crippen molar-refractivity contribution in [2.75, 3.05) is 7.11 Å². The van der Waals surface area contributed by atoms with Crippen LogP contribution >= 0.6 is 23.1 Å². The zero-order valence-corrected chi connectivity index (χ0v) is 16.3. The van der Waals surface area contributed by atoms with E-state index in [9.17, 15) is 0 Å². The third-order valence-corrected chi connectivity index (χ3v) is 5.79. The van der Waals surface area contributed by atoms with Gasteiger partial charge in [0.2, 0.25) is 0 Å². The van der Waals surface area contributed by atoms with E-state index in [0.717, 1.165) is 39.3 Å². The first-order valence-corrected chi connectivity index (χ1v) is 10.4. The summed E-state index contributed by atoms with van der Waals surface area (Å²) in [4.78, 5) is 4.74. The van der Waals surface area contributed by atoms with Gasteiger partial charge in [0.05, 0.1) is 24.2 Å². The van der Waals surface area contributed by atoms with Crippen LogP contribution in [-0.4, -0.2) is 32.3 Å². The van der Waals surface area contributed by atoms with Crippen LogP contribution in [-0.2, 0) is 11.5 Å². The number of hydrogen-bond donors (Lipinski definition) is 0. The quantitative estimate of drug-likeness (QED) is 0.467. The Balaban J connectivity index is 1.40. The van der Waals surface area contributed by atoms with E-state index in [2.05, 4.69) is 20.9 Å². The van der Waals surface area contributed by atoms with Gasteiger partial charge in [-0.1, -0.05) is 30.3 Å². The average molecular weight is 396 g/mol. The first-order valence-electron chi connectivity index (χ1n) is 8.33. The molecule has 4 rings (SSSR count). The van der Waals surface area contributed by atoms with Crippen LogP contribution in [0, 0.1) is 0 Å². The Morgan fingerprint density at radius 3 is 2.81 bits per heavy atom. The Bertz CT molecular complexity index is 1020. The summed E-state index contributed by atoms with van der Waals surface area (Å²) in [5.74, 6) is 3.19. The van der Waals surface area contributed by atoms with Gasteiger partial charge in [0.25, 0.3) is 0 Å². The van der Waals surface area contributed by atoms with Gasteiger partial charge in [0, 0.05) is 16.7 Å². The van der Waals surface area contributed by atoms with Crippen LogP contribution < -0.4 is 4.74 Å². The predicted octanol–water partition coefficient (Wildman–Crippen LogP) is 4.23. The molecule has 6 nitrogen and oxygen atoms in total. The van der Waals surface area contributed by atoms with Crippen LogP contribution in [0.2, 0.25) is 0 Å². The summed E-state index contributed by atoms with van der Waals surface area (Å²) in [6.07, 6.45) is 0. The van der Waals surface area contributed by atoms with Crippen LogP contribution in [0.5, 0.6) is 5.75 Å². The van der Waals surface area contributed by atoms with Gasteiger partial charge in [0.15, 0.2) is 5.82 Å². The van der Waals surface area contributed by atoms with Crippen molar-refractivity contribution in [3.63, 3.8) is 0 Å². The molecule has 0 N–H and O–H groups in total. The van der Waals surface area contributed by atoms with E-state index in [1.807, 2.05) is 54.6 Å². The molecule has 0 amide bonds. The van der Waals surface area contributed by atoms with Crippen molar-refractivity contribution in [2.45, 2.75) is 11.5 Å². The van der Waals surface area contributed by atoms with E-state index in [-0.39, 0.29) is 0 Å². The maximum atomic E-state index is 5.29. The van der Waals surface area contributed by atoms with Crippen LogP contribution in [0.25, 0.3) is 16.3 Å². The smallest absolute Gasteiger partial charge is 0.166 e. The number of thioether (sulfide) groups is 1. The van der Waals surface area contributed by atoms with Crippen molar-refractivity contribution in [3.05, 3.63) is 71.5 Å². The zero-order chi connectivity index (χ0) is 18.5. The second kappa shape index (κ2) is 8.32. The zero-order valence-electron chi connectivity index (χ0n) is 14.6. The first kappa shape index (κ1) is 17.7. The number of tetrazole rings is 1. The summed E-state index contributed by atoms with van der Waals surface area (Å²) in [6.45, 7) is 0. The van der Waals surface area contributed by atoms with Crippen molar-refractivity contribution < 1.29 is 4.74 Å². The molecule has 0 aliphatic heterocycles. The molecule has 8 heteroatoms. The highest BCUT2D eigenvalue weighted by Gasteiger charge is 2.10. The molecule has 27 heavy (non-hydrogen) atoms. The summed E-state index contributed by atoms with van der Waals surface area (Å²) in [7, 11) is 1.67. The van der Waals surface area contributed by atoms with Crippen molar-refractivity contribution in [2.24, 2.45) is 0 Å². The summed E-state index contributed by atoms with van der Waals surface area (Å²) in [5, 5.41) is 15.1. The number of rotatable bonds is 7. The van der Waals surface area contributed by atoms with Gasteiger partial charge in [-0.2, -0.15) is 4.68 Å². The molecule has 0 fully saturated rings. The second-order valence-electron chi connectivity index (χ2n) is 5.71. The van der Waals surface area contributed by atoms with Crippen molar-refractivity contribution in [3.8, 4) is 22.0 Å². The van der Waals surface area contributed by atoms with E-state index in [1.54, 1.807) is 34.9 Å². The highest BCUT2D eigenvalue weighted by Crippen LogP contribution is 2.28. The third kappa shape index (κ3) is 4.17. The molecule has 2 heterocycles. The lowest BCUT2D eigenvalue weighted by atomic mass is 10.2. The molecule has 4 aromatic rings. The molecule has 0 spiro atoms. The van der Waals surface area contributed by atoms with Crippen molar-refractivity contribution >= 4 is 23.1 Å². The maximum absolute atomic E-state index is 5.29. The number of benzene rings is 2. The number of aromatic nitrogens is 5. The standard InChI is InChI=1S/C19H17N5OS2/c1-25-17-9-5-6-14(10-17)19-20-15(12-27-19)11-26-13-18-21-22-23-24(18)16-7-3-2-4-8-16/h2-10,12H,11,13H2,1H3. The molecule has 0 atom stereocenters. The van der Waals surface area contributed by atoms with Crippen molar-refractivity contribution in [1.29, 1.82) is 0 Å². The molecule has 0 aliphatic rings. The number of nitrogens with zero attached hydrogens (tertiary/aromatic N) is 5. The van der Waals surface area contributed by atoms with Crippen LogP contribution in [0.4, 0.5) is 0 Å². The van der Waals surface area contributed by atoms with Crippen LogP contribution in [0.3, 0.4) is 0 Å². The monoisotopic (exact) mass is 395 g/mol. The second-order valence-corrected chi connectivity index (χ2v) is 7.55. The van der Waals surface area contributed by atoms with Crippen molar-refractivity contribution in [1.82, 2.24) is 25.2 Å². The van der Waals surface area contributed by atoms with E-state index in [0.29, 0.717) is 5.75 Å². The lowest BCUT2D eigenvalue weighted by molar-refractivity contribution is 0.415. The Morgan fingerprint density at radius 2 is 1.96 bits per heavy atom.